The van der Waals surface area contributed by atoms with Crippen LogP contribution in [-0.4, -0.2) is 25.9 Å². The Morgan fingerprint density at radius 3 is 2.94 bits per heavy atom. The summed E-state index contributed by atoms with van der Waals surface area (Å²) in [5.74, 6) is 0.942. The Balaban J connectivity index is 1.98. The van der Waals surface area contributed by atoms with Crippen molar-refractivity contribution in [3.8, 4) is 5.75 Å². The fourth-order valence-corrected chi connectivity index (χ4v) is 1.96. The van der Waals surface area contributed by atoms with Crippen molar-refractivity contribution >= 4 is 0 Å². The van der Waals surface area contributed by atoms with Crippen molar-refractivity contribution in [2.75, 3.05) is 20.3 Å². The minimum absolute atomic E-state index is 0.112. The van der Waals surface area contributed by atoms with Gasteiger partial charge in [-0.3, -0.25) is 0 Å². The highest BCUT2D eigenvalue weighted by Gasteiger charge is 2.28. The molecule has 1 aromatic rings. The molecule has 1 aliphatic heterocycles. The van der Waals surface area contributed by atoms with E-state index in [1.807, 2.05) is 18.2 Å². The lowest BCUT2D eigenvalue weighted by molar-refractivity contribution is 0.171. The fraction of sp³-hybridized carbons (Fsp3) is 0.538. The standard InChI is InChI=1S/C13H19NO2/c1-13(7-8-16-10-13)14-9-11-5-3-4-6-12(11)15-2/h3-6,14H,7-10H2,1-2H3. The minimum atomic E-state index is 0.112. The number of methoxy groups -OCH3 is 1. The van der Waals surface area contributed by atoms with Crippen LogP contribution in [0.4, 0.5) is 0 Å². The van der Waals surface area contributed by atoms with E-state index in [0.717, 1.165) is 31.9 Å². The zero-order valence-corrected chi connectivity index (χ0v) is 9.95. The van der Waals surface area contributed by atoms with Gasteiger partial charge in [0, 0.05) is 24.3 Å². The molecule has 88 valence electrons. The molecule has 0 aliphatic carbocycles. The maximum absolute atomic E-state index is 5.41. The quantitative estimate of drug-likeness (QED) is 0.843. The first kappa shape index (κ1) is 11.4. The summed E-state index contributed by atoms with van der Waals surface area (Å²) in [6, 6.07) is 8.10. The zero-order valence-electron chi connectivity index (χ0n) is 9.95. The minimum Gasteiger partial charge on any atom is -0.496 e. The molecule has 0 aromatic heterocycles. The normalized spacial score (nSPS) is 24.6. The van der Waals surface area contributed by atoms with Gasteiger partial charge in [0.2, 0.25) is 0 Å². The summed E-state index contributed by atoms with van der Waals surface area (Å²) in [7, 11) is 1.71. The summed E-state index contributed by atoms with van der Waals surface area (Å²) in [4.78, 5) is 0. The molecule has 0 spiro atoms. The molecule has 16 heavy (non-hydrogen) atoms. The van der Waals surface area contributed by atoms with Crippen molar-refractivity contribution in [2.24, 2.45) is 0 Å². The van der Waals surface area contributed by atoms with E-state index in [9.17, 15) is 0 Å². The topological polar surface area (TPSA) is 30.5 Å². The van der Waals surface area contributed by atoms with Crippen LogP contribution < -0.4 is 10.1 Å². The number of para-hydroxylation sites is 1. The van der Waals surface area contributed by atoms with Gasteiger partial charge in [-0.15, -0.1) is 0 Å². The van der Waals surface area contributed by atoms with Gasteiger partial charge in [-0.2, -0.15) is 0 Å². The van der Waals surface area contributed by atoms with E-state index in [1.54, 1.807) is 7.11 Å². The monoisotopic (exact) mass is 221 g/mol. The van der Waals surface area contributed by atoms with Gasteiger partial charge in [0.25, 0.3) is 0 Å². The van der Waals surface area contributed by atoms with Crippen LogP contribution in [0.3, 0.4) is 0 Å². The summed E-state index contributed by atoms with van der Waals surface area (Å²) < 4.78 is 10.7. The molecule has 0 radical (unpaired) electrons. The lowest BCUT2D eigenvalue weighted by Gasteiger charge is -2.24. The molecule has 1 aliphatic rings. The van der Waals surface area contributed by atoms with E-state index in [-0.39, 0.29) is 5.54 Å². The maximum atomic E-state index is 5.41. The van der Waals surface area contributed by atoms with Gasteiger partial charge in [0.15, 0.2) is 0 Å². The first-order valence-electron chi connectivity index (χ1n) is 5.68. The molecule has 0 amide bonds. The van der Waals surface area contributed by atoms with Crippen molar-refractivity contribution in [2.45, 2.75) is 25.4 Å². The second-order valence-electron chi connectivity index (χ2n) is 4.53. The molecule has 1 saturated heterocycles. The SMILES string of the molecule is COc1ccccc1CNC1(C)CCOC1. The molecular formula is C13H19NO2. The van der Waals surface area contributed by atoms with Crippen LogP contribution in [0.15, 0.2) is 24.3 Å². The predicted molar refractivity (Wildman–Crippen MR) is 63.7 cm³/mol. The van der Waals surface area contributed by atoms with Gasteiger partial charge in [0.05, 0.1) is 13.7 Å². The Hall–Kier alpha value is -1.06. The average molecular weight is 221 g/mol. The van der Waals surface area contributed by atoms with Gasteiger partial charge >= 0.3 is 0 Å². The van der Waals surface area contributed by atoms with E-state index in [4.69, 9.17) is 9.47 Å². The highest BCUT2D eigenvalue weighted by atomic mass is 16.5. The number of hydrogen-bond donors (Lipinski definition) is 1. The molecular weight excluding hydrogens is 202 g/mol. The molecule has 2 rings (SSSR count). The van der Waals surface area contributed by atoms with Crippen molar-refractivity contribution in [1.82, 2.24) is 5.32 Å². The molecule has 1 aromatic carbocycles. The number of ether oxygens (including phenoxy) is 2. The fourth-order valence-electron chi connectivity index (χ4n) is 1.96. The smallest absolute Gasteiger partial charge is 0.123 e. The van der Waals surface area contributed by atoms with Crippen LogP contribution in [0.5, 0.6) is 5.75 Å². The van der Waals surface area contributed by atoms with Gasteiger partial charge in [-0.1, -0.05) is 18.2 Å². The van der Waals surface area contributed by atoms with E-state index >= 15 is 0 Å². The summed E-state index contributed by atoms with van der Waals surface area (Å²) in [6.07, 6.45) is 1.07. The van der Waals surface area contributed by atoms with Crippen LogP contribution in [0, 0.1) is 0 Å². The molecule has 3 nitrogen and oxygen atoms in total. The number of hydrogen-bond acceptors (Lipinski definition) is 3. The van der Waals surface area contributed by atoms with Crippen molar-refractivity contribution in [3.63, 3.8) is 0 Å². The van der Waals surface area contributed by atoms with E-state index in [1.165, 1.54) is 5.56 Å². The lowest BCUT2D eigenvalue weighted by atomic mass is 10.0. The van der Waals surface area contributed by atoms with Crippen LogP contribution in [0.25, 0.3) is 0 Å². The molecule has 1 unspecified atom stereocenters. The predicted octanol–water partition coefficient (Wildman–Crippen LogP) is 1.96. The maximum Gasteiger partial charge on any atom is 0.123 e. The molecule has 1 heterocycles. The first-order valence-corrected chi connectivity index (χ1v) is 5.68. The van der Waals surface area contributed by atoms with E-state index in [2.05, 4.69) is 18.3 Å². The van der Waals surface area contributed by atoms with Gasteiger partial charge in [-0.05, 0) is 19.4 Å². The molecule has 1 N–H and O–H groups in total. The molecule has 0 saturated carbocycles. The average Bonchev–Trinajstić information content (AvgIpc) is 2.74. The molecule has 3 heteroatoms. The molecule has 1 fully saturated rings. The second kappa shape index (κ2) is 4.85. The largest absolute Gasteiger partial charge is 0.496 e. The molecule has 1 atom stereocenters. The summed E-state index contributed by atoms with van der Waals surface area (Å²) in [5, 5.41) is 3.54. The zero-order chi connectivity index (χ0) is 11.4. The van der Waals surface area contributed by atoms with Crippen molar-refractivity contribution in [1.29, 1.82) is 0 Å². The first-order chi connectivity index (χ1) is 7.73. The van der Waals surface area contributed by atoms with Gasteiger partial charge in [0.1, 0.15) is 5.75 Å². The van der Waals surface area contributed by atoms with Crippen LogP contribution in [-0.2, 0) is 11.3 Å². The van der Waals surface area contributed by atoms with Gasteiger partial charge in [-0.25, -0.2) is 0 Å². The summed E-state index contributed by atoms with van der Waals surface area (Å²) in [5.41, 5.74) is 1.30. The Labute approximate surface area is 96.8 Å². The van der Waals surface area contributed by atoms with E-state index in [0.29, 0.717) is 0 Å². The Morgan fingerprint density at radius 1 is 1.44 bits per heavy atom. The second-order valence-corrected chi connectivity index (χ2v) is 4.53. The lowest BCUT2D eigenvalue weighted by Crippen LogP contribution is -2.42. The third-order valence-corrected chi connectivity index (χ3v) is 3.12. The third-order valence-electron chi connectivity index (χ3n) is 3.12. The van der Waals surface area contributed by atoms with Crippen molar-refractivity contribution < 1.29 is 9.47 Å². The summed E-state index contributed by atoms with van der Waals surface area (Å²) in [6.45, 7) is 4.68. The summed E-state index contributed by atoms with van der Waals surface area (Å²) >= 11 is 0. The number of rotatable bonds is 4. The Morgan fingerprint density at radius 2 is 2.25 bits per heavy atom. The third kappa shape index (κ3) is 2.54. The number of benzene rings is 1. The van der Waals surface area contributed by atoms with Crippen LogP contribution in [0.2, 0.25) is 0 Å². The Kier molecular flexibility index (Phi) is 3.46. The van der Waals surface area contributed by atoms with Gasteiger partial charge < -0.3 is 14.8 Å². The van der Waals surface area contributed by atoms with Crippen LogP contribution in [0.1, 0.15) is 18.9 Å². The highest BCUT2D eigenvalue weighted by Crippen LogP contribution is 2.21. The molecule has 0 bridgehead atoms. The van der Waals surface area contributed by atoms with Crippen molar-refractivity contribution in [3.05, 3.63) is 29.8 Å². The number of nitrogens with one attached hydrogen (secondary N) is 1. The Bertz CT molecular complexity index is 346. The van der Waals surface area contributed by atoms with Crippen LogP contribution >= 0.6 is 0 Å². The highest BCUT2D eigenvalue weighted by molar-refractivity contribution is 5.33. The van der Waals surface area contributed by atoms with E-state index < -0.39 is 0 Å².